The van der Waals surface area contributed by atoms with Crippen molar-refractivity contribution in [1.82, 2.24) is 9.80 Å². The zero-order valence-electron chi connectivity index (χ0n) is 13.3. The van der Waals surface area contributed by atoms with Crippen molar-refractivity contribution in [2.75, 3.05) is 33.2 Å². The molecule has 0 radical (unpaired) electrons. The highest BCUT2D eigenvalue weighted by Crippen LogP contribution is 2.38. The molecular formula is C17H22ClFN2O2. The van der Waals surface area contributed by atoms with Gasteiger partial charge in [-0.25, -0.2) is 4.39 Å². The lowest BCUT2D eigenvalue weighted by Gasteiger charge is -2.50. The van der Waals surface area contributed by atoms with E-state index in [1.165, 1.54) is 18.2 Å². The molecule has 2 saturated heterocycles. The topological polar surface area (TPSA) is 43.8 Å². The molecule has 0 unspecified atom stereocenters. The van der Waals surface area contributed by atoms with Crippen LogP contribution in [-0.2, 0) is 0 Å². The average Bonchev–Trinajstić information content (AvgIpc) is 2.53. The molecule has 0 aliphatic carbocycles. The minimum atomic E-state index is -0.555. The molecule has 6 heteroatoms. The fraction of sp³-hybridized carbons (Fsp3) is 0.588. The van der Waals surface area contributed by atoms with Crippen LogP contribution in [0.25, 0.3) is 0 Å². The number of likely N-dealkylation sites (tertiary alicyclic amines) is 2. The van der Waals surface area contributed by atoms with Gasteiger partial charge in [0.15, 0.2) is 0 Å². The minimum absolute atomic E-state index is 0.00760. The molecule has 1 amide bonds. The zero-order chi connectivity index (χ0) is 16.6. The summed E-state index contributed by atoms with van der Waals surface area (Å²) in [7, 11) is 2.03. The number of carbonyl (C=O) groups excluding carboxylic acids is 1. The summed E-state index contributed by atoms with van der Waals surface area (Å²) in [4.78, 5) is 16.6. The van der Waals surface area contributed by atoms with Crippen molar-refractivity contribution in [1.29, 1.82) is 0 Å². The molecule has 0 aromatic heterocycles. The molecule has 2 heterocycles. The molecule has 1 N–H and O–H groups in total. The van der Waals surface area contributed by atoms with Gasteiger partial charge < -0.3 is 14.9 Å². The third-order valence-corrected chi connectivity index (χ3v) is 5.37. The molecular weight excluding hydrogens is 319 g/mol. The normalized spacial score (nSPS) is 29.0. The van der Waals surface area contributed by atoms with Crippen molar-refractivity contribution in [3.8, 4) is 0 Å². The van der Waals surface area contributed by atoms with Gasteiger partial charge in [0.25, 0.3) is 5.91 Å². The molecule has 2 fully saturated rings. The van der Waals surface area contributed by atoms with Crippen LogP contribution in [0.3, 0.4) is 0 Å². The summed E-state index contributed by atoms with van der Waals surface area (Å²) in [5.74, 6) is -0.898. The quantitative estimate of drug-likeness (QED) is 0.853. The van der Waals surface area contributed by atoms with Gasteiger partial charge in [0, 0.05) is 36.6 Å². The first-order valence-corrected chi connectivity index (χ1v) is 8.40. The third kappa shape index (κ3) is 3.23. The molecule has 3 rings (SSSR count). The second kappa shape index (κ2) is 6.38. The lowest BCUT2D eigenvalue weighted by atomic mass is 9.71. The summed E-state index contributed by atoms with van der Waals surface area (Å²) in [6, 6.07) is 4.04. The third-order valence-electron chi connectivity index (χ3n) is 5.13. The molecule has 1 spiro atoms. The highest BCUT2D eigenvalue weighted by molar-refractivity contribution is 6.31. The molecule has 126 valence electrons. The molecule has 1 aromatic carbocycles. The summed E-state index contributed by atoms with van der Waals surface area (Å²) in [6.45, 7) is 2.67. The van der Waals surface area contributed by atoms with E-state index in [1.807, 2.05) is 7.05 Å². The first-order chi connectivity index (χ1) is 10.9. The van der Waals surface area contributed by atoms with E-state index < -0.39 is 11.9 Å². The Bertz CT molecular complexity index is 612. The summed E-state index contributed by atoms with van der Waals surface area (Å²) in [5, 5.41) is 10.9. The van der Waals surface area contributed by atoms with Crippen LogP contribution in [0.4, 0.5) is 4.39 Å². The Hall–Kier alpha value is -1.17. The average molecular weight is 341 g/mol. The van der Waals surface area contributed by atoms with Crippen molar-refractivity contribution in [3.05, 3.63) is 34.6 Å². The summed E-state index contributed by atoms with van der Waals surface area (Å²) in [6.07, 6.45) is 2.00. The van der Waals surface area contributed by atoms with Gasteiger partial charge in [0.05, 0.1) is 11.7 Å². The zero-order valence-corrected chi connectivity index (χ0v) is 14.0. The number of aliphatic hydroxyl groups excluding tert-OH is 1. The van der Waals surface area contributed by atoms with Crippen LogP contribution in [0.5, 0.6) is 0 Å². The Kier molecular flexibility index (Phi) is 4.63. The Morgan fingerprint density at radius 1 is 1.39 bits per heavy atom. The van der Waals surface area contributed by atoms with Crippen molar-refractivity contribution in [3.63, 3.8) is 0 Å². The van der Waals surface area contributed by atoms with E-state index in [-0.39, 0.29) is 16.9 Å². The Labute approximate surface area is 140 Å². The number of hydrogen-bond acceptors (Lipinski definition) is 3. The molecule has 1 aromatic rings. The highest BCUT2D eigenvalue weighted by atomic mass is 35.5. The van der Waals surface area contributed by atoms with Crippen molar-refractivity contribution in [2.24, 2.45) is 5.41 Å². The SMILES string of the molecule is CN1CC[C@H](O)[C@@]2(CCCN(C(=O)c3cc(Cl)ccc3F)C2)C1. The van der Waals surface area contributed by atoms with Gasteiger partial charge >= 0.3 is 0 Å². The van der Waals surface area contributed by atoms with Gasteiger partial charge in [0.1, 0.15) is 5.82 Å². The van der Waals surface area contributed by atoms with Crippen LogP contribution in [-0.4, -0.2) is 60.1 Å². The number of nitrogens with zero attached hydrogens (tertiary/aromatic N) is 2. The van der Waals surface area contributed by atoms with E-state index in [9.17, 15) is 14.3 Å². The summed E-state index contributed by atoms with van der Waals surface area (Å²) in [5.41, 5.74) is -0.302. The smallest absolute Gasteiger partial charge is 0.256 e. The Morgan fingerprint density at radius 2 is 2.17 bits per heavy atom. The van der Waals surface area contributed by atoms with E-state index in [1.54, 1.807) is 4.90 Å². The number of aliphatic hydroxyl groups is 1. The maximum absolute atomic E-state index is 14.0. The maximum atomic E-state index is 14.0. The number of halogens is 2. The molecule has 23 heavy (non-hydrogen) atoms. The number of benzene rings is 1. The van der Waals surface area contributed by atoms with Crippen molar-refractivity contribution < 1.29 is 14.3 Å². The largest absolute Gasteiger partial charge is 0.392 e. The van der Waals surface area contributed by atoms with Crippen molar-refractivity contribution >= 4 is 17.5 Å². The summed E-state index contributed by atoms with van der Waals surface area (Å²) < 4.78 is 14.0. The lowest BCUT2D eigenvalue weighted by molar-refractivity contribution is -0.0731. The van der Waals surface area contributed by atoms with E-state index >= 15 is 0 Å². The summed E-state index contributed by atoms with van der Waals surface area (Å²) >= 11 is 5.90. The van der Waals surface area contributed by atoms with Crippen molar-refractivity contribution in [2.45, 2.75) is 25.4 Å². The van der Waals surface area contributed by atoms with Crippen LogP contribution < -0.4 is 0 Å². The minimum Gasteiger partial charge on any atom is -0.392 e. The second-order valence-corrected chi connectivity index (χ2v) is 7.30. The number of piperidine rings is 2. The van der Waals surface area contributed by atoms with Gasteiger partial charge in [-0.15, -0.1) is 0 Å². The van der Waals surface area contributed by atoms with Gasteiger partial charge in [-0.1, -0.05) is 11.6 Å². The van der Waals surface area contributed by atoms with Gasteiger partial charge in [0.2, 0.25) is 0 Å². The van der Waals surface area contributed by atoms with E-state index in [0.29, 0.717) is 24.5 Å². The molecule has 4 nitrogen and oxygen atoms in total. The molecule has 2 aliphatic rings. The molecule has 2 atom stereocenters. The number of rotatable bonds is 1. The highest BCUT2D eigenvalue weighted by Gasteiger charge is 2.45. The van der Waals surface area contributed by atoms with Gasteiger partial charge in [-0.2, -0.15) is 0 Å². The van der Waals surface area contributed by atoms with Gasteiger partial charge in [-0.3, -0.25) is 4.79 Å². The van der Waals surface area contributed by atoms with Crippen LogP contribution in [0, 0.1) is 11.2 Å². The number of hydrogen-bond donors (Lipinski definition) is 1. The fourth-order valence-corrected chi connectivity index (χ4v) is 4.11. The number of carbonyl (C=O) groups is 1. The Morgan fingerprint density at radius 3 is 2.96 bits per heavy atom. The second-order valence-electron chi connectivity index (χ2n) is 6.86. The van der Waals surface area contributed by atoms with E-state index in [2.05, 4.69) is 4.90 Å². The van der Waals surface area contributed by atoms with Crippen LogP contribution >= 0.6 is 11.6 Å². The van der Waals surface area contributed by atoms with Gasteiger partial charge in [-0.05, 0) is 44.5 Å². The van der Waals surface area contributed by atoms with Crippen LogP contribution in [0.2, 0.25) is 5.02 Å². The lowest BCUT2D eigenvalue weighted by Crippen LogP contribution is -2.59. The first kappa shape index (κ1) is 16.7. The monoisotopic (exact) mass is 340 g/mol. The maximum Gasteiger partial charge on any atom is 0.256 e. The predicted octanol–water partition coefficient (Wildman–Crippen LogP) is 2.40. The molecule has 0 bridgehead atoms. The molecule has 2 aliphatic heterocycles. The Balaban J connectivity index is 1.83. The van der Waals surface area contributed by atoms with E-state index in [0.717, 1.165) is 25.9 Å². The standard InChI is InChI=1S/C17H22ClFN2O2/c1-20-8-5-15(22)17(10-20)6-2-7-21(11-17)16(23)13-9-12(18)3-4-14(13)19/h3-4,9,15,22H,2,5-8,10-11H2,1H3/t15-,17-/m0/s1. The number of amides is 1. The van der Waals surface area contributed by atoms with Crippen LogP contribution in [0.15, 0.2) is 18.2 Å². The molecule has 0 saturated carbocycles. The fourth-order valence-electron chi connectivity index (χ4n) is 3.94. The first-order valence-electron chi connectivity index (χ1n) is 8.02. The predicted molar refractivity (Wildman–Crippen MR) is 87.1 cm³/mol. The van der Waals surface area contributed by atoms with Crippen LogP contribution in [0.1, 0.15) is 29.6 Å². The van der Waals surface area contributed by atoms with E-state index in [4.69, 9.17) is 11.6 Å².